The number of nitrogen functional groups attached to an aromatic ring is 1. The average molecular weight is 291 g/mol. The van der Waals surface area contributed by atoms with Crippen LogP contribution in [0.15, 0.2) is 36.7 Å². The molecule has 0 atom stereocenters. The smallest absolute Gasteiger partial charge is 0.255 e. The predicted octanol–water partition coefficient (Wildman–Crippen LogP) is 2.64. The summed E-state index contributed by atoms with van der Waals surface area (Å²) < 4.78 is 0. The summed E-state index contributed by atoms with van der Waals surface area (Å²) >= 11 is 5.97. The van der Waals surface area contributed by atoms with Crippen LogP contribution in [-0.4, -0.2) is 25.0 Å². The fraction of sp³-hybridized carbons (Fsp3) is 0.143. The van der Waals surface area contributed by atoms with E-state index in [0.717, 1.165) is 5.69 Å². The quantitative estimate of drug-likeness (QED) is 0.853. The molecule has 1 amide bonds. The number of benzene rings is 1. The minimum atomic E-state index is -0.281. The van der Waals surface area contributed by atoms with E-state index in [-0.39, 0.29) is 5.91 Å². The van der Waals surface area contributed by atoms with Gasteiger partial charge in [-0.1, -0.05) is 11.6 Å². The first kappa shape index (κ1) is 14.1. The van der Waals surface area contributed by atoms with Gasteiger partial charge in [-0.05, 0) is 24.3 Å². The molecular weight excluding hydrogens is 276 g/mol. The van der Waals surface area contributed by atoms with Crippen LogP contribution in [0.25, 0.3) is 0 Å². The standard InChI is InChI=1S/C14H15ClN4O/c1-19(2)13-4-3-9(7-11(13)16)14(20)18-12-8-17-6-5-10(12)15/h3-8H,16H2,1-2H3,(H,18,20). The number of anilines is 3. The second kappa shape index (κ2) is 5.79. The molecule has 0 spiro atoms. The second-order valence-corrected chi connectivity index (χ2v) is 4.88. The Labute approximate surface area is 122 Å². The van der Waals surface area contributed by atoms with Gasteiger partial charge in [0, 0.05) is 25.9 Å². The largest absolute Gasteiger partial charge is 0.397 e. The molecule has 0 fully saturated rings. The molecule has 0 aliphatic heterocycles. The van der Waals surface area contributed by atoms with Gasteiger partial charge in [-0.15, -0.1) is 0 Å². The number of hydrogen-bond acceptors (Lipinski definition) is 4. The summed E-state index contributed by atoms with van der Waals surface area (Å²) in [5.41, 5.74) is 8.26. The number of amides is 1. The first-order valence-electron chi connectivity index (χ1n) is 5.96. The lowest BCUT2D eigenvalue weighted by Gasteiger charge is -2.16. The summed E-state index contributed by atoms with van der Waals surface area (Å²) in [5.74, 6) is -0.281. The molecule has 104 valence electrons. The Hall–Kier alpha value is -2.27. The maximum absolute atomic E-state index is 12.1. The highest BCUT2D eigenvalue weighted by atomic mass is 35.5. The van der Waals surface area contributed by atoms with E-state index in [9.17, 15) is 4.79 Å². The van der Waals surface area contributed by atoms with Crippen LogP contribution in [0.3, 0.4) is 0 Å². The zero-order valence-electron chi connectivity index (χ0n) is 11.2. The molecule has 0 bridgehead atoms. The van der Waals surface area contributed by atoms with Gasteiger partial charge in [-0.2, -0.15) is 0 Å². The Morgan fingerprint density at radius 3 is 2.70 bits per heavy atom. The van der Waals surface area contributed by atoms with E-state index < -0.39 is 0 Å². The van der Waals surface area contributed by atoms with Crippen LogP contribution >= 0.6 is 11.6 Å². The second-order valence-electron chi connectivity index (χ2n) is 4.48. The number of aromatic nitrogens is 1. The molecule has 20 heavy (non-hydrogen) atoms. The molecule has 1 aromatic heterocycles. The molecule has 2 aromatic rings. The molecule has 0 unspecified atom stereocenters. The van der Waals surface area contributed by atoms with Crippen molar-refractivity contribution in [2.45, 2.75) is 0 Å². The van der Waals surface area contributed by atoms with Crippen LogP contribution in [0.2, 0.25) is 5.02 Å². The Kier molecular flexibility index (Phi) is 4.10. The van der Waals surface area contributed by atoms with Crippen molar-refractivity contribution in [3.63, 3.8) is 0 Å². The van der Waals surface area contributed by atoms with Crippen molar-refractivity contribution >= 4 is 34.6 Å². The maximum Gasteiger partial charge on any atom is 0.255 e. The average Bonchev–Trinajstić information content (AvgIpc) is 2.40. The predicted molar refractivity (Wildman–Crippen MR) is 82.4 cm³/mol. The molecule has 5 nitrogen and oxygen atoms in total. The lowest BCUT2D eigenvalue weighted by molar-refractivity contribution is 0.102. The van der Waals surface area contributed by atoms with Crippen molar-refractivity contribution in [1.29, 1.82) is 0 Å². The lowest BCUT2D eigenvalue weighted by atomic mass is 10.1. The number of rotatable bonds is 3. The van der Waals surface area contributed by atoms with Gasteiger partial charge in [-0.25, -0.2) is 0 Å². The Balaban J connectivity index is 2.22. The van der Waals surface area contributed by atoms with Crippen LogP contribution < -0.4 is 16.0 Å². The van der Waals surface area contributed by atoms with E-state index in [1.165, 1.54) is 6.20 Å². The molecule has 1 heterocycles. The van der Waals surface area contributed by atoms with Gasteiger partial charge in [0.2, 0.25) is 0 Å². The minimum Gasteiger partial charge on any atom is -0.397 e. The third kappa shape index (κ3) is 3.00. The first-order valence-corrected chi connectivity index (χ1v) is 6.34. The molecule has 1 aromatic carbocycles. The lowest BCUT2D eigenvalue weighted by Crippen LogP contribution is -2.15. The fourth-order valence-electron chi connectivity index (χ4n) is 1.77. The van der Waals surface area contributed by atoms with Crippen LogP contribution in [0.4, 0.5) is 17.1 Å². The number of carbonyl (C=O) groups is 1. The Morgan fingerprint density at radius 1 is 1.35 bits per heavy atom. The molecule has 2 rings (SSSR count). The van der Waals surface area contributed by atoms with Gasteiger partial charge in [-0.3, -0.25) is 9.78 Å². The molecule has 3 N–H and O–H groups in total. The molecule has 0 saturated heterocycles. The van der Waals surface area contributed by atoms with Crippen LogP contribution in [0.1, 0.15) is 10.4 Å². The normalized spacial score (nSPS) is 10.2. The first-order chi connectivity index (χ1) is 9.49. The van der Waals surface area contributed by atoms with Crippen molar-refractivity contribution in [1.82, 2.24) is 4.98 Å². The zero-order chi connectivity index (χ0) is 14.7. The number of pyridine rings is 1. The SMILES string of the molecule is CN(C)c1ccc(C(=O)Nc2cnccc2Cl)cc1N. The van der Waals surface area contributed by atoms with Crippen LogP contribution in [-0.2, 0) is 0 Å². The molecular formula is C14H15ClN4O. The van der Waals surface area contributed by atoms with Crippen molar-refractivity contribution in [3.05, 3.63) is 47.2 Å². The van der Waals surface area contributed by atoms with Gasteiger partial charge in [0.05, 0.1) is 28.3 Å². The van der Waals surface area contributed by atoms with Gasteiger partial charge >= 0.3 is 0 Å². The van der Waals surface area contributed by atoms with Crippen LogP contribution in [0, 0.1) is 0 Å². The van der Waals surface area contributed by atoms with Crippen molar-refractivity contribution < 1.29 is 4.79 Å². The van der Waals surface area contributed by atoms with E-state index in [1.54, 1.807) is 30.5 Å². The molecule has 0 aliphatic rings. The monoisotopic (exact) mass is 290 g/mol. The Bertz CT molecular complexity index is 643. The number of nitrogens with two attached hydrogens (primary N) is 1. The third-order valence-corrected chi connectivity index (χ3v) is 3.12. The van der Waals surface area contributed by atoms with Crippen molar-refractivity contribution in [2.24, 2.45) is 0 Å². The number of nitrogens with zero attached hydrogens (tertiary/aromatic N) is 2. The summed E-state index contributed by atoms with van der Waals surface area (Å²) in [6.07, 6.45) is 3.06. The number of hydrogen-bond donors (Lipinski definition) is 2. The summed E-state index contributed by atoms with van der Waals surface area (Å²) in [7, 11) is 3.78. The molecule has 0 saturated carbocycles. The van der Waals surface area contributed by atoms with Crippen LogP contribution in [0.5, 0.6) is 0 Å². The van der Waals surface area contributed by atoms with Gasteiger partial charge in [0.25, 0.3) is 5.91 Å². The van der Waals surface area contributed by atoms with E-state index in [2.05, 4.69) is 10.3 Å². The molecule has 6 heteroatoms. The highest BCUT2D eigenvalue weighted by Crippen LogP contribution is 2.24. The highest BCUT2D eigenvalue weighted by Gasteiger charge is 2.11. The summed E-state index contributed by atoms with van der Waals surface area (Å²) in [6, 6.07) is 6.76. The summed E-state index contributed by atoms with van der Waals surface area (Å²) in [5, 5.41) is 3.14. The van der Waals surface area contributed by atoms with E-state index in [4.69, 9.17) is 17.3 Å². The minimum absolute atomic E-state index is 0.281. The maximum atomic E-state index is 12.1. The highest BCUT2D eigenvalue weighted by molar-refractivity contribution is 6.33. The van der Waals surface area contributed by atoms with Crippen molar-refractivity contribution in [3.8, 4) is 0 Å². The summed E-state index contributed by atoms with van der Waals surface area (Å²) in [6.45, 7) is 0. The third-order valence-electron chi connectivity index (χ3n) is 2.79. The number of carbonyl (C=O) groups excluding carboxylic acids is 1. The molecule has 0 aliphatic carbocycles. The zero-order valence-corrected chi connectivity index (χ0v) is 12.0. The van der Waals surface area contributed by atoms with Gasteiger partial charge < -0.3 is 16.0 Å². The van der Waals surface area contributed by atoms with E-state index in [0.29, 0.717) is 22.0 Å². The van der Waals surface area contributed by atoms with Gasteiger partial charge in [0.15, 0.2) is 0 Å². The van der Waals surface area contributed by atoms with Gasteiger partial charge in [0.1, 0.15) is 0 Å². The van der Waals surface area contributed by atoms with Crippen molar-refractivity contribution in [2.75, 3.05) is 30.0 Å². The number of nitrogens with one attached hydrogen (secondary N) is 1. The topological polar surface area (TPSA) is 71.2 Å². The summed E-state index contributed by atoms with van der Waals surface area (Å²) in [4.78, 5) is 17.9. The van der Waals surface area contributed by atoms with E-state index >= 15 is 0 Å². The van der Waals surface area contributed by atoms with E-state index in [1.807, 2.05) is 19.0 Å². The fourth-order valence-corrected chi connectivity index (χ4v) is 1.92. The Morgan fingerprint density at radius 2 is 2.10 bits per heavy atom. The molecule has 0 radical (unpaired) electrons. The number of halogens is 1.